The summed E-state index contributed by atoms with van der Waals surface area (Å²) in [6.07, 6.45) is 0.670. The van der Waals surface area contributed by atoms with E-state index in [1.54, 1.807) is 24.3 Å². The lowest BCUT2D eigenvalue weighted by atomic mass is 10.1. The van der Waals surface area contributed by atoms with Crippen molar-refractivity contribution in [3.05, 3.63) is 64.1 Å². The van der Waals surface area contributed by atoms with Crippen LogP contribution in [0.3, 0.4) is 0 Å². The van der Waals surface area contributed by atoms with Crippen LogP contribution in [0.1, 0.15) is 17.2 Å². The molecule has 0 saturated heterocycles. The molecule has 21 heavy (non-hydrogen) atoms. The molecular weight excluding hydrogens is 374 g/mol. The highest BCUT2D eigenvalue weighted by molar-refractivity contribution is 9.10. The SMILES string of the molecule is O=S(=O)(NC1c2ccccc2CC1Cl)c1cccc(Br)c1. The molecule has 110 valence electrons. The molecule has 0 fully saturated rings. The predicted octanol–water partition coefficient (Wildman–Crippen LogP) is 3.63. The molecule has 0 aliphatic heterocycles. The lowest BCUT2D eigenvalue weighted by Crippen LogP contribution is -2.31. The number of nitrogens with one attached hydrogen (secondary N) is 1. The molecule has 0 amide bonds. The fraction of sp³-hybridized carbons (Fsp3) is 0.200. The highest BCUT2D eigenvalue weighted by Crippen LogP contribution is 2.35. The van der Waals surface area contributed by atoms with E-state index in [1.165, 1.54) is 0 Å². The van der Waals surface area contributed by atoms with E-state index in [4.69, 9.17) is 11.6 Å². The molecule has 0 spiro atoms. The monoisotopic (exact) mass is 385 g/mol. The Bertz CT molecular complexity index is 779. The average molecular weight is 387 g/mol. The standard InChI is InChI=1S/C15H13BrClNO2S/c16-11-5-3-6-12(9-11)21(19,20)18-15-13-7-2-1-4-10(13)8-14(15)17/h1-7,9,14-15,18H,8H2. The van der Waals surface area contributed by atoms with Crippen LogP contribution in [0.5, 0.6) is 0 Å². The van der Waals surface area contributed by atoms with Gasteiger partial charge in [0.25, 0.3) is 0 Å². The first-order valence-corrected chi connectivity index (χ1v) is 9.18. The smallest absolute Gasteiger partial charge is 0.207 e. The van der Waals surface area contributed by atoms with E-state index in [9.17, 15) is 8.42 Å². The molecule has 0 bridgehead atoms. The van der Waals surface area contributed by atoms with Crippen LogP contribution in [0.15, 0.2) is 57.9 Å². The predicted molar refractivity (Wildman–Crippen MR) is 87.0 cm³/mol. The molecule has 1 N–H and O–H groups in total. The summed E-state index contributed by atoms with van der Waals surface area (Å²) in [7, 11) is -3.61. The Balaban J connectivity index is 1.93. The second kappa shape index (κ2) is 5.72. The minimum Gasteiger partial charge on any atom is -0.207 e. The van der Waals surface area contributed by atoms with E-state index in [-0.39, 0.29) is 10.3 Å². The largest absolute Gasteiger partial charge is 0.241 e. The van der Waals surface area contributed by atoms with Gasteiger partial charge in [-0.3, -0.25) is 0 Å². The number of hydrogen-bond acceptors (Lipinski definition) is 2. The van der Waals surface area contributed by atoms with Crippen molar-refractivity contribution in [2.75, 3.05) is 0 Å². The Kier molecular flexibility index (Phi) is 4.10. The van der Waals surface area contributed by atoms with Crippen LogP contribution in [0.2, 0.25) is 0 Å². The molecule has 0 radical (unpaired) electrons. The summed E-state index contributed by atoms with van der Waals surface area (Å²) in [6.45, 7) is 0. The van der Waals surface area contributed by atoms with Crippen molar-refractivity contribution >= 4 is 37.6 Å². The molecule has 2 unspecified atom stereocenters. The van der Waals surface area contributed by atoms with Gasteiger partial charge in [-0.1, -0.05) is 46.3 Å². The van der Waals surface area contributed by atoms with Crippen LogP contribution in [0, 0.1) is 0 Å². The third-order valence-corrected chi connectivity index (χ3v) is 5.89. The van der Waals surface area contributed by atoms with Crippen LogP contribution >= 0.6 is 27.5 Å². The van der Waals surface area contributed by atoms with Gasteiger partial charge in [0.2, 0.25) is 10.0 Å². The molecule has 1 aliphatic carbocycles. The Labute approximate surface area is 137 Å². The van der Waals surface area contributed by atoms with E-state index >= 15 is 0 Å². The topological polar surface area (TPSA) is 46.2 Å². The van der Waals surface area contributed by atoms with Gasteiger partial charge in [0.1, 0.15) is 0 Å². The van der Waals surface area contributed by atoms with Gasteiger partial charge >= 0.3 is 0 Å². The molecule has 2 atom stereocenters. The summed E-state index contributed by atoms with van der Waals surface area (Å²) in [5.74, 6) is 0. The average Bonchev–Trinajstić information content (AvgIpc) is 2.75. The van der Waals surface area contributed by atoms with Gasteiger partial charge in [-0.25, -0.2) is 13.1 Å². The van der Waals surface area contributed by atoms with E-state index in [1.807, 2.05) is 24.3 Å². The lowest BCUT2D eigenvalue weighted by Gasteiger charge is -2.17. The molecule has 1 aliphatic rings. The van der Waals surface area contributed by atoms with Crippen LogP contribution in [0.25, 0.3) is 0 Å². The lowest BCUT2D eigenvalue weighted by molar-refractivity contribution is 0.556. The van der Waals surface area contributed by atoms with Crippen molar-refractivity contribution in [1.29, 1.82) is 0 Å². The van der Waals surface area contributed by atoms with Crippen LogP contribution in [-0.4, -0.2) is 13.8 Å². The third-order valence-electron chi connectivity index (χ3n) is 3.56. The first kappa shape index (κ1) is 15.0. The number of halogens is 2. The van der Waals surface area contributed by atoms with E-state index in [0.717, 1.165) is 15.6 Å². The van der Waals surface area contributed by atoms with Crippen LogP contribution in [0.4, 0.5) is 0 Å². The summed E-state index contributed by atoms with van der Waals surface area (Å²) in [5.41, 5.74) is 2.05. The Morgan fingerprint density at radius 2 is 1.90 bits per heavy atom. The van der Waals surface area contributed by atoms with Gasteiger partial charge in [0, 0.05) is 4.47 Å². The third kappa shape index (κ3) is 3.01. The number of benzene rings is 2. The van der Waals surface area contributed by atoms with Crippen LogP contribution in [-0.2, 0) is 16.4 Å². The van der Waals surface area contributed by atoms with E-state index < -0.39 is 16.1 Å². The van der Waals surface area contributed by atoms with Crippen molar-refractivity contribution in [1.82, 2.24) is 4.72 Å². The molecule has 0 aromatic heterocycles. The van der Waals surface area contributed by atoms with Crippen molar-refractivity contribution in [2.45, 2.75) is 22.7 Å². The van der Waals surface area contributed by atoms with Gasteiger partial charge in [-0.15, -0.1) is 11.6 Å². The maximum Gasteiger partial charge on any atom is 0.241 e. The molecule has 2 aromatic rings. The van der Waals surface area contributed by atoms with Crippen molar-refractivity contribution < 1.29 is 8.42 Å². The number of fused-ring (bicyclic) bond motifs is 1. The fourth-order valence-electron chi connectivity index (χ4n) is 2.55. The van der Waals surface area contributed by atoms with E-state index in [2.05, 4.69) is 20.7 Å². The Morgan fingerprint density at radius 1 is 1.14 bits per heavy atom. The Hall–Kier alpha value is -0.880. The summed E-state index contributed by atoms with van der Waals surface area (Å²) in [4.78, 5) is 0.227. The minimum atomic E-state index is -3.61. The second-order valence-electron chi connectivity index (χ2n) is 4.98. The van der Waals surface area contributed by atoms with Gasteiger partial charge in [-0.05, 0) is 35.7 Å². The van der Waals surface area contributed by atoms with Crippen molar-refractivity contribution in [2.24, 2.45) is 0 Å². The molecule has 6 heteroatoms. The summed E-state index contributed by atoms with van der Waals surface area (Å²) < 4.78 is 28.5. The first-order chi connectivity index (χ1) is 9.97. The Morgan fingerprint density at radius 3 is 2.67 bits per heavy atom. The molecule has 0 saturated carbocycles. The second-order valence-corrected chi connectivity index (χ2v) is 8.17. The maximum absolute atomic E-state index is 12.5. The minimum absolute atomic E-state index is 0.227. The number of sulfonamides is 1. The summed E-state index contributed by atoms with van der Waals surface area (Å²) in [6, 6.07) is 14.0. The number of rotatable bonds is 3. The zero-order valence-corrected chi connectivity index (χ0v) is 14.1. The van der Waals surface area contributed by atoms with Crippen LogP contribution < -0.4 is 4.72 Å². The van der Waals surface area contributed by atoms with Gasteiger partial charge in [0.15, 0.2) is 0 Å². The molecule has 3 nitrogen and oxygen atoms in total. The zero-order chi connectivity index (χ0) is 15.0. The highest BCUT2D eigenvalue weighted by atomic mass is 79.9. The number of alkyl halides is 1. The van der Waals surface area contributed by atoms with Gasteiger partial charge < -0.3 is 0 Å². The normalized spacial score (nSPS) is 21.2. The van der Waals surface area contributed by atoms with Gasteiger partial charge in [0.05, 0.1) is 16.3 Å². The highest BCUT2D eigenvalue weighted by Gasteiger charge is 2.34. The zero-order valence-electron chi connectivity index (χ0n) is 11.0. The van der Waals surface area contributed by atoms with Gasteiger partial charge in [-0.2, -0.15) is 0 Å². The maximum atomic E-state index is 12.5. The van der Waals surface area contributed by atoms with Crippen molar-refractivity contribution in [3.8, 4) is 0 Å². The molecule has 2 aromatic carbocycles. The van der Waals surface area contributed by atoms with E-state index in [0.29, 0.717) is 6.42 Å². The summed E-state index contributed by atoms with van der Waals surface area (Å²) >= 11 is 9.62. The first-order valence-electron chi connectivity index (χ1n) is 6.47. The molecule has 3 rings (SSSR count). The molecule has 0 heterocycles. The van der Waals surface area contributed by atoms with Crippen molar-refractivity contribution in [3.63, 3.8) is 0 Å². The summed E-state index contributed by atoms with van der Waals surface area (Å²) in [5, 5.41) is -0.274. The quantitative estimate of drug-likeness (QED) is 0.819. The molecular formula is C15H13BrClNO2S. The fourth-order valence-corrected chi connectivity index (χ4v) is 4.84. The number of hydrogen-bond donors (Lipinski definition) is 1.